The molecule has 0 aromatic heterocycles. The molecule has 1 amide bonds. The molecule has 0 bridgehead atoms. The van der Waals surface area contributed by atoms with E-state index in [-0.39, 0.29) is 30.8 Å². The van der Waals surface area contributed by atoms with Crippen LogP contribution in [0.25, 0.3) is 0 Å². The van der Waals surface area contributed by atoms with Gasteiger partial charge >= 0.3 is 0 Å². The lowest BCUT2D eigenvalue weighted by Crippen LogP contribution is -2.59. The Bertz CT molecular complexity index is 418. The Balaban J connectivity index is 1.83. The van der Waals surface area contributed by atoms with Crippen molar-refractivity contribution in [1.29, 1.82) is 0 Å². The fourth-order valence-corrected chi connectivity index (χ4v) is 1.97. The highest BCUT2D eigenvalue weighted by Gasteiger charge is 2.33. The van der Waals surface area contributed by atoms with Crippen molar-refractivity contribution < 1.29 is 14.6 Å². The molecule has 1 aliphatic heterocycles. The van der Waals surface area contributed by atoms with Gasteiger partial charge in [0.25, 0.3) is 0 Å². The molecule has 19 heavy (non-hydrogen) atoms. The number of aliphatic hydroxyl groups is 1. The number of hydrogen-bond acceptors (Lipinski definition) is 4. The number of aliphatic hydroxyl groups excluding tert-OH is 1. The Morgan fingerprint density at radius 3 is 2.68 bits per heavy atom. The van der Waals surface area contributed by atoms with Gasteiger partial charge in [-0.2, -0.15) is 0 Å². The summed E-state index contributed by atoms with van der Waals surface area (Å²) in [5.74, 6) is -0.212. The standard InChI is InChI=1S/C14H20N2O3/c1-14(9-15-10-14)19-8-13(18)16-12(7-17)11-5-3-2-4-6-11/h2-6,12,15,17H,7-10H2,1H3,(H,16,18). The van der Waals surface area contributed by atoms with Crippen LogP contribution in [-0.2, 0) is 9.53 Å². The zero-order valence-corrected chi connectivity index (χ0v) is 11.1. The number of carbonyl (C=O) groups is 1. The van der Waals surface area contributed by atoms with E-state index in [0.29, 0.717) is 0 Å². The average molecular weight is 264 g/mol. The van der Waals surface area contributed by atoms with Crippen LogP contribution < -0.4 is 10.6 Å². The molecule has 104 valence electrons. The minimum atomic E-state index is -0.385. The number of carbonyl (C=O) groups excluding carboxylic acids is 1. The molecular weight excluding hydrogens is 244 g/mol. The maximum absolute atomic E-state index is 11.8. The van der Waals surface area contributed by atoms with Crippen LogP contribution in [0.2, 0.25) is 0 Å². The third kappa shape index (κ3) is 3.76. The maximum Gasteiger partial charge on any atom is 0.246 e. The predicted octanol–water partition coefficient (Wildman–Crippen LogP) is 0.215. The van der Waals surface area contributed by atoms with Gasteiger partial charge in [-0.1, -0.05) is 30.3 Å². The quantitative estimate of drug-likeness (QED) is 0.687. The molecule has 0 saturated carbocycles. The van der Waals surface area contributed by atoms with Gasteiger partial charge in [0.05, 0.1) is 18.2 Å². The predicted molar refractivity (Wildman–Crippen MR) is 71.6 cm³/mol. The van der Waals surface area contributed by atoms with Crippen molar-refractivity contribution in [3.8, 4) is 0 Å². The summed E-state index contributed by atoms with van der Waals surface area (Å²) in [6.45, 7) is 3.39. The van der Waals surface area contributed by atoms with Crippen LogP contribution in [0, 0.1) is 0 Å². The maximum atomic E-state index is 11.8. The van der Waals surface area contributed by atoms with Crippen LogP contribution in [0.15, 0.2) is 30.3 Å². The Labute approximate surface area is 113 Å². The van der Waals surface area contributed by atoms with Crippen molar-refractivity contribution in [3.05, 3.63) is 35.9 Å². The number of hydrogen-bond donors (Lipinski definition) is 3. The summed E-state index contributed by atoms with van der Waals surface area (Å²) in [4.78, 5) is 11.8. The number of rotatable bonds is 6. The summed E-state index contributed by atoms with van der Waals surface area (Å²) < 4.78 is 5.55. The van der Waals surface area contributed by atoms with Crippen molar-refractivity contribution in [1.82, 2.24) is 10.6 Å². The lowest BCUT2D eigenvalue weighted by molar-refractivity contribution is -0.136. The highest BCUT2D eigenvalue weighted by atomic mass is 16.5. The summed E-state index contributed by atoms with van der Waals surface area (Å²) in [6.07, 6.45) is 0. The first kappa shape index (κ1) is 14.0. The molecule has 5 nitrogen and oxygen atoms in total. The molecule has 0 spiro atoms. The Hall–Kier alpha value is -1.43. The van der Waals surface area contributed by atoms with Crippen molar-refractivity contribution in [2.24, 2.45) is 0 Å². The van der Waals surface area contributed by atoms with E-state index < -0.39 is 0 Å². The van der Waals surface area contributed by atoms with Gasteiger partial charge in [-0.05, 0) is 12.5 Å². The van der Waals surface area contributed by atoms with E-state index in [2.05, 4.69) is 10.6 Å². The van der Waals surface area contributed by atoms with Gasteiger partial charge in [-0.3, -0.25) is 4.79 Å². The van der Waals surface area contributed by atoms with Crippen molar-refractivity contribution in [2.75, 3.05) is 26.3 Å². The first-order chi connectivity index (χ1) is 9.13. The number of amides is 1. The average Bonchev–Trinajstić information content (AvgIpc) is 2.41. The van der Waals surface area contributed by atoms with Crippen LogP contribution in [0.5, 0.6) is 0 Å². The van der Waals surface area contributed by atoms with Crippen molar-refractivity contribution >= 4 is 5.91 Å². The second-order valence-electron chi connectivity index (χ2n) is 5.06. The number of benzene rings is 1. The summed E-state index contributed by atoms with van der Waals surface area (Å²) in [5.41, 5.74) is 0.647. The normalized spacial score (nSPS) is 18.4. The smallest absolute Gasteiger partial charge is 0.246 e. The lowest BCUT2D eigenvalue weighted by Gasteiger charge is -2.38. The van der Waals surface area contributed by atoms with Crippen LogP contribution in [0.1, 0.15) is 18.5 Å². The molecule has 1 aromatic rings. The molecule has 1 fully saturated rings. The Morgan fingerprint density at radius 1 is 1.47 bits per heavy atom. The molecule has 1 aromatic carbocycles. The van der Waals surface area contributed by atoms with Crippen molar-refractivity contribution in [3.63, 3.8) is 0 Å². The van der Waals surface area contributed by atoms with Gasteiger partial charge in [0, 0.05) is 13.1 Å². The zero-order valence-electron chi connectivity index (χ0n) is 11.1. The first-order valence-electron chi connectivity index (χ1n) is 6.43. The fraction of sp³-hybridized carbons (Fsp3) is 0.500. The molecule has 0 aliphatic carbocycles. The molecule has 1 unspecified atom stereocenters. The molecule has 1 atom stereocenters. The molecule has 1 heterocycles. The van der Waals surface area contributed by atoms with Gasteiger partial charge in [0.15, 0.2) is 0 Å². The van der Waals surface area contributed by atoms with E-state index in [9.17, 15) is 9.90 Å². The van der Waals surface area contributed by atoms with Crippen molar-refractivity contribution in [2.45, 2.75) is 18.6 Å². The van der Waals surface area contributed by atoms with Gasteiger partial charge in [0.2, 0.25) is 5.91 Å². The van der Waals surface area contributed by atoms with E-state index in [4.69, 9.17) is 4.74 Å². The minimum absolute atomic E-state index is 0.0154. The minimum Gasteiger partial charge on any atom is -0.394 e. The molecule has 3 N–H and O–H groups in total. The Morgan fingerprint density at radius 2 is 2.16 bits per heavy atom. The largest absolute Gasteiger partial charge is 0.394 e. The van der Waals surface area contributed by atoms with E-state index >= 15 is 0 Å². The van der Waals surface area contributed by atoms with Crippen LogP contribution in [-0.4, -0.2) is 42.9 Å². The summed E-state index contributed by atoms with van der Waals surface area (Å²) in [5, 5.41) is 15.2. The monoisotopic (exact) mass is 264 g/mol. The molecule has 5 heteroatoms. The second-order valence-corrected chi connectivity index (χ2v) is 5.06. The molecular formula is C14H20N2O3. The topological polar surface area (TPSA) is 70.6 Å². The van der Waals surface area contributed by atoms with Gasteiger partial charge in [-0.15, -0.1) is 0 Å². The molecule has 1 aliphatic rings. The number of ether oxygens (including phenoxy) is 1. The lowest BCUT2D eigenvalue weighted by atomic mass is 10.0. The van der Waals surface area contributed by atoms with Gasteiger partial charge < -0.3 is 20.5 Å². The number of nitrogens with one attached hydrogen (secondary N) is 2. The molecule has 0 radical (unpaired) electrons. The second kappa shape index (κ2) is 6.14. The highest BCUT2D eigenvalue weighted by Crippen LogP contribution is 2.15. The van der Waals surface area contributed by atoms with E-state index in [0.717, 1.165) is 18.7 Å². The van der Waals surface area contributed by atoms with Crippen LogP contribution >= 0.6 is 0 Å². The van der Waals surface area contributed by atoms with Gasteiger partial charge in [0.1, 0.15) is 6.61 Å². The third-order valence-corrected chi connectivity index (χ3v) is 3.27. The van der Waals surface area contributed by atoms with E-state index in [1.165, 1.54) is 0 Å². The first-order valence-corrected chi connectivity index (χ1v) is 6.43. The summed E-state index contributed by atoms with van der Waals surface area (Å²) in [7, 11) is 0. The fourth-order valence-electron chi connectivity index (χ4n) is 1.97. The zero-order chi connectivity index (χ0) is 13.7. The van der Waals surface area contributed by atoms with E-state index in [1.807, 2.05) is 37.3 Å². The SMILES string of the molecule is CC1(OCC(=O)NC(CO)c2ccccc2)CNC1. The highest BCUT2D eigenvalue weighted by molar-refractivity contribution is 5.77. The van der Waals surface area contributed by atoms with Gasteiger partial charge in [-0.25, -0.2) is 0 Å². The summed E-state index contributed by atoms with van der Waals surface area (Å²) >= 11 is 0. The van der Waals surface area contributed by atoms with Crippen LogP contribution in [0.4, 0.5) is 0 Å². The van der Waals surface area contributed by atoms with Crippen LogP contribution in [0.3, 0.4) is 0 Å². The van der Waals surface area contributed by atoms with E-state index in [1.54, 1.807) is 0 Å². The Kier molecular flexibility index (Phi) is 4.52. The third-order valence-electron chi connectivity index (χ3n) is 3.27. The molecule has 1 saturated heterocycles. The molecule has 2 rings (SSSR count). The summed E-state index contributed by atoms with van der Waals surface area (Å²) in [6, 6.07) is 9.01.